The molecule has 1 fully saturated rings. The van der Waals surface area contributed by atoms with E-state index in [-0.39, 0.29) is 11.4 Å². The quantitative estimate of drug-likeness (QED) is 0.861. The number of carbonyl (C=O) groups is 1. The van der Waals surface area contributed by atoms with Crippen LogP contribution in [-0.4, -0.2) is 34.3 Å². The van der Waals surface area contributed by atoms with Gasteiger partial charge in [0, 0.05) is 38.7 Å². The molecule has 1 aromatic rings. The van der Waals surface area contributed by atoms with Crippen LogP contribution in [0.3, 0.4) is 0 Å². The third kappa shape index (κ3) is 2.83. The Balaban J connectivity index is 2.05. The second-order valence-corrected chi connectivity index (χ2v) is 5.40. The molecule has 2 rings (SSSR count). The first-order chi connectivity index (χ1) is 8.50. The number of anilines is 1. The fourth-order valence-corrected chi connectivity index (χ4v) is 2.73. The van der Waals surface area contributed by atoms with Gasteiger partial charge in [0.15, 0.2) is 0 Å². The molecule has 0 radical (unpaired) electrons. The average Bonchev–Trinajstić information content (AvgIpc) is 2.59. The fraction of sp³-hybridized carbons (Fsp3) is 0.692. The zero-order valence-corrected chi connectivity index (χ0v) is 11.4. The van der Waals surface area contributed by atoms with Crippen molar-refractivity contribution in [2.45, 2.75) is 38.6 Å². The zero-order chi connectivity index (χ0) is 13.2. The van der Waals surface area contributed by atoms with Crippen molar-refractivity contribution in [1.29, 1.82) is 0 Å². The predicted molar refractivity (Wildman–Crippen MR) is 71.5 cm³/mol. The van der Waals surface area contributed by atoms with Crippen LogP contribution >= 0.6 is 0 Å². The van der Waals surface area contributed by atoms with E-state index in [1.165, 1.54) is 0 Å². The Hall–Kier alpha value is -1.52. The molecule has 1 saturated heterocycles. The van der Waals surface area contributed by atoms with E-state index in [0.717, 1.165) is 38.2 Å². The fourth-order valence-electron chi connectivity index (χ4n) is 2.73. The standard InChI is InChI=1S/C13H22N4O/c1-11(18)15-13(2)6-4-9-17(10-7-13)12-5-8-14-16(12)3/h5,8H,4,6-7,9-10H2,1-3H3,(H,15,18). The summed E-state index contributed by atoms with van der Waals surface area (Å²) in [6.45, 7) is 5.71. The van der Waals surface area contributed by atoms with Crippen LogP contribution in [0.25, 0.3) is 0 Å². The normalized spacial score (nSPS) is 24.7. The molecule has 1 amide bonds. The predicted octanol–water partition coefficient (Wildman–Crippen LogP) is 1.31. The van der Waals surface area contributed by atoms with E-state index in [9.17, 15) is 4.79 Å². The summed E-state index contributed by atoms with van der Waals surface area (Å²) in [6, 6.07) is 2.04. The van der Waals surface area contributed by atoms with Crippen LogP contribution in [0.4, 0.5) is 5.82 Å². The lowest BCUT2D eigenvalue weighted by Gasteiger charge is -2.29. The largest absolute Gasteiger partial charge is 0.357 e. The Morgan fingerprint density at radius 3 is 2.83 bits per heavy atom. The number of rotatable bonds is 2. The van der Waals surface area contributed by atoms with Gasteiger partial charge in [0.05, 0.1) is 6.20 Å². The highest BCUT2D eigenvalue weighted by Crippen LogP contribution is 2.25. The van der Waals surface area contributed by atoms with E-state index in [1.807, 2.05) is 24.0 Å². The lowest BCUT2D eigenvalue weighted by molar-refractivity contribution is -0.120. The van der Waals surface area contributed by atoms with Crippen LogP contribution in [0, 0.1) is 0 Å². The molecule has 1 aromatic heterocycles. The third-order valence-electron chi connectivity index (χ3n) is 3.69. The number of aryl methyl sites for hydroxylation is 1. The molecule has 0 aliphatic carbocycles. The molecule has 1 atom stereocenters. The van der Waals surface area contributed by atoms with Crippen LogP contribution in [0.2, 0.25) is 0 Å². The van der Waals surface area contributed by atoms with Gasteiger partial charge < -0.3 is 10.2 Å². The highest BCUT2D eigenvalue weighted by molar-refractivity contribution is 5.73. The molecule has 0 saturated carbocycles. The summed E-state index contributed by atoms with van der Waals surface area (Å²) < 4.78 is 1.90. The van der Waals surface area contributed by atoms with Crippen molar-refractivity contribution in [3.8, 4) is 0 Å². The van der Waals surface area contributed by atoms with Crippen LogP contribution < -0.4 is 10.2 Å². The molecule has 0 bridgehead atoms. The maximum atomic E-state index is 11.3. The average molecular weight is 250 g/mol. The molecule has 1 unspecified atom stereocenters. The second-order valence-electron chi connectivity index (χ2n) is 5.40. The molecule has 2 heterocycles. The number of nitrogens with one attached hydrogen (secondary N) is 1. The van der Waals surface area contributed by atoms with Gasteiger partial charge in [-0.25, -0.2) is 0 Å². The molecule has 5 heteroatoms. The maximum Gasteiger partial charge on any atom is 0.217 e. The van der Waals surface area contributed by atoms with Crippen molar-refractivity contribution < 1.29 is 4.79 Å². The topological polar surface area (TPSA) is 50.2 Å². The first-order valence-corrected chi connectivity index (χ1v) is 6.52. The Labute approximate surface area is 108 Å². The van der Waals surface area contributed by atoms with Gasteiger partial charge in [-0.15, -0.1) is 0 Å². The molecule has 1 aliphatic heterocycles. The molecular formula is C13H22N4O. The van der Waals surface area contributed by atoms with Crippen molar-refractivity contribution >= 4 is 11.7 Å². The summed E-state index contributed by atoms with van der Waals surface area (Å²) in [5.41, 5.74) is -0.0703. The minimum absolute atomic E-state index is 0.0616. The molecule has 100 valence electrons. The Morgan fingerprint density at radius 2 is 2.22 bits per heavy atom. The number of nitrogens with zero attached hydrogens (tertiary/aromatic N) is 3. The van der Waals surface area contributed by atoms with E-state index < -0.39 is 0 Å². The Bertz CT molecular complexity index is 428. The summed E-state index contributed by atoms with van der Waals surface area (Å²) in [4.78, 5) is 13.6. The van der Waals surface area contributed by atoms with Gasteiger partial charge in [0.25, 0.3) is 0 Å². The molecule has 18 heavy (non-hydrogen) atoms. The Kier molecular flexibility index (Phi) is 3.59. The Morgan fingerprint density at radius 1 is 1.44 bits per heavy atom. The lowest BCUT2D eigenvalue weighted by atomic mass is 9.93. The van der Waals surface area contributed by atoms with Crippen molar-refractivity contribution in [2.75, 3.05) is 18.0 Å². The van der Waals surface area contributed by atoms with Gasteiger partial charge in [0.1, 0.15) is 5.82 Å². The van der Waals surface area contributed by atoms with Crippen LogP contribution in [0.5, 0.6) is 0 Å². The lowest BCUT2D eigenvalue weighted by Crippen LogP contribution is -2.45. The first kappa shape index (κ1) is 12.9. The summed E-state index contributed by atoms with van der Waals surface area (Å²) in [6.07, 6.45) is 4.91. The van der Waals surface area contributed by atoms with Crippen molar-refractivity contribution in [2.24, 2.45) is 7.05 Å². The molecule has 0 aromatic carbocycles. The number of aromatic nitrogens is 2. The van der Waals surface area contributed by atoms with Crippen molar-refractivity contribution in [1.82, 2.24) is 15.1 Å². The van der Waals surface area contributed by atoms with E-state index in [1.54, 1.807) is 6.92 Å². The van der Waals surface area contributed by atoms with Gasteiger partial charge in [-0.3, -0.25) is 9.48 Å². The summed E-state index contributed by atoms with van der Waals surface area (Å²) in [5, 5.41) is 7.30. The van der Waals surface area contributed by atoms with Gasteiger partial charge in [0.2, 0.25) is 5.91 Å². The van der Waals surface area contributed by atoms with E-state index >= 15 is 0 Å². The maximum absolute atomic E-state index is 11.3. The number of carbonyl (C=O) groups excluding carboxylic acids is 1. The number of hydrogen-bond acceptors (Lipinski definition) is 3. The van der Waals surface area contributed by atoms with Gasteiger partial charge in [-0.05, 0) is 26.2 Å². The van der Waals surface area contributed by atoms with Crippen LogP contribution in [0.15, 0.2) is 12.3 Å². The first-order valence-electron chi connectivity index (χ1n) is 6.52. The molecule has 1 aliphatic rings. The van der Waals surface area contributed by atoms with Crippen molar-refractivity contribution in [3.05, 3.63) is 12.3 Å². The zero-order valence-electron chi connectivity index (χ0n) is 11.4. The van der Waals surface area contributed by atoms with Gasteiger partial charge in [-0.2, -0.15) is 5.10 Å². The summed E-state index contributed by atoms with van der Waals surface area (Å²) in [7, 11) is 1.97. The second kappa shape index (κ2) is 5.00. The molecule has 5 nitrogen and oxygen atoms in total. The highest BCUT2D eigenvalue weighted by atomic mass is 16.1. The number of amides is 1. The van der Waals surface area contributed by atoms with Gasteiger partial charge >= 0.3 is 0 Å². The van der Waals surface area contributed by atoms with E-state index in [2.05, 4.69) is 22.2 Å². The van der Waals surface area contributed by atoms with Gasteiger partial charge in [-0.1, -0.05) is 0 Å². The minimum atomic E-state index is -0.0703. The molecule has 1 N–H and O–H groups in total. The molecule has 0 spiro atoms. The van der Waals surface area contributed by atoms with E-state index in [0.29, 0.717) is 0 Å². The van der Waals surface area contributed by atoms with Crippen LogP contribution in [0.1, 0.15) is 33.1 Å². The van der Waals surface area contributed by atoms with Crippen molar-refractivity contribution in [3.63, 3.8) is 0 Å². The number of hydrogen-bond donors (Lipinski definition) is 1. The summed E-state index contributed by atoms with van der Waals surface area (Å²) >= 11 is 0. The van der Waals surface area contributed by atoms with E-state index in [4.69, 9.17) is 0 Å². The third-order valence-corrected chi connectivity index (χ3v) is 3.69. The molecular weight excluding hydrogens is 228 g/mol. The highest BCUT2D eigenvalue weighted by Gasteiger charge is 2.29. The smallest absolute Gasteiger partial charge is 0.217 e. The summed E-state index contributed by atoms with van der Waals surface area (Å²) in [5.74, 6) is 1.22. The minimum Gasteiger partial charge on any atom is -0.357 e. The SMILES string of the molecule is CC(=O)NC1(C)CCCN(c2ccnn2C)CC1. The van der Waals surface area contributed by atoms with Crippen LogP contribution in [-0.2, 0) is 11.8 Å². The monoisotopic (exact) mass is 250 g/mol.